The first kappa shape index (κ1) is 52.4. The van der Waals surface area contributed by atoms with Crippen LogP contribution in [0.15, 0.2) is 60.8 Å². The molecule has 0 bridgehead atoms. The van der Waals surface area contributed by atoms with Gasteiger partial charge >= 0.3 is 11.9 Å². The van der Waals surface area contributed by atoms with E-state index in [9.17, 15) is 30.0 Å². The van der Waals surface area contributed by atoms with Gasteiger partial charge in [0.2, 0.25) is 0 Å². The largest absolute Gasteiger partial charge is 0.462 e. The van der Waals surface area contributed by atoms with Crippen molar-refractivity contribution in [1.29, 1.82) is 0 Å². The number of aliphatic hydroxyl groups excluding tert-OH is 4. The number of esters is 2. The van der Waals surface area contributed by atoms with Crippen molar-refractivity contribution < 1.29 is 49.0 Å². The molecule has 1 saturated heterocycles. The van der Waals surface area contributed by atoms with E-state index in [1.165, 1.54) is 64.2 Å². The average Bonchev–Trinajstić information content (AvgIpc) is 3.21. The molecule has 57 heavy (non-hydrogen) atoms. The predicted octanol–water partition coefficient (Wildman–Crippen LogP) is 9.44. The molecule has 10 heteroatoms. The van der Waals surface area contributed by atoms with Gasteiger partial charge in [-0.2, -0.15) is 0 Å². The van der Waals surface area contributed by atoms with Crippen LogP contribution in [0.1, 0.15) is 168 Å². The van der Waals surface area contributed by atoms with Crippen molar-refractivity contribution in [3.8, 4) is 0 Å². The first-order chi connectivity index (χ1) is 27.8. The molecule has 2 unspecified atom stereocenters. The third-order valence-electron chi connectivity index (χ3n) is 9.88. The molecule has 0 saturated carbocycles. The number of aliphatic hydroxyl groups is 4. The van der Waals surface area contributed by atoms with E-state index in [-0.39, 0.29) is 26.1 Å². The molecular weight excluding hydrogens is 725 g/mol. The molecule has 0 aromatic heterocycles. The second-order valence-corrected chi connectivity index (χ2v) is 15.1. The van der Waals surface area contributed by atoms with Gasteiger partial charge in [-0.3, -0.25) is 9.59 Å². The van der Waals surface area contributed by atoms with Crippen LogP contribution >= 0.6 is 0 Å². The summed E-state index contributed by atoms with van der Waals surface area (Å²) in [4.78, 5) is 25.2. The van der Waals surface area contributed by atoms with Crippen molar-refractivity contribution in [2.24, 2.45) is 0 Å². The van der Waals surface area contributed by atoms with Crippen LogP contribution < -0.4 is 0 Å². The molecule has 4 N–H and O–H groups in total. The van der Waals surface area contributed by atoms with Crippen molar-refractivity contribution in [1.82, 2.24) is 0 Å². The van der Waals surface area contributed by atoms with Crippen LogP contribution in [0.3, 0.4) is 0 Å². The van der Waals surface area contributed by atoms with Gasteiger partial charge in [0.1, 0.15) is 31.0 Å². The van der Waals surface area contributed by atoms with Crippen molar-refractivity contribution in [2.45, 2.75) is 205 Å². The van der Waals surface area contributed by atoms with Crippen LogP contribution in [0.25, 0.3) is 0 Å². The molecule has 0 aliphatic carbocycles. The first-order valence-corrected chi connectivity index (χ1v) is 22.4. The summed E-state index contributed by atoms with van der Waals surface area (Å²) in [6.45, 7) is 3.30. The van der Waals surface area contributed by atoms with E-state index >= 15 is 0 Å². The second kappa shape index (κ2) is 37.7. The third kappa shape index (κ3) is 29.3. The molecule has 0 spiro atoms. The lowest BCUT2D eigenvalue weighted by Crippen LogP contribution is -2.59. The summed E-state index contributed by atoms with van der Waals surface area (Å²) >= 11 is 0. The van der Waals surface area contributed by atoms with Crippen LogP contribution in [-0.4, -0.2) is 89.0 Å². The normalized spacial score (nSPS) is 20.8. The minimum Gasteiger partial charge on any atom is -0.462 e. The summed E-state index contributed by atoms with van der Waals surface area (Å²) < 4.78 is 22.0. The fourth-order valence-electron chi connectivity index (χ4n) is 6.28. The fourth-order valence-corrected chi connectivity index (χ4v) is 6.28. The lowest BCUT2D eigenvalue weighted by atomic mass is 9.99. The highest BCUT2D eigenvalue weighted by Gasteiger charge is 2.44. The maximum atomic E-state index is 12.7. The van der Waals surface area contributed by atoms with Crippen LogP contribution in [0.2, 0.25) is 0 Å². The third-order valence-corrected chi connectivity index (χ3v) is 9.88. The monoisotopic (exact) mass is 805 g/mol. The standard InChI is InChI=1S/C47H80O10/c1-3-5-7-9-11-13-15-16-17-18-19-20-21-22-23-24-26-27-29-31-33-35-42(49)54-38-40(39-55-47-46(53)45(52)44(51)41(37-48)57-47)56-43(50)36-34-32-30-28-25-14-12-10-8-6-4-2/h10,12,17-18,20-21,23-24,27,29,40-41,44-48,51-53H,3-9,11,13-16,19,22,25-26,28,30-39H2,1-2H3/b12-10+,18-17+,21-20+,24-23+,29-27+/t40-,41-,44+,45?,46?,47-/m0/s1. The van der Waals surface area contributed by atoms with Gasteiger partial charge in [0.05, 0.1) is 13.2 Å². The van der Waals surface area contributed by atoms with Gasteiger partial charge in [-0.05, 0) is 70.6 Å². The van der Waals surface area contributed by atoms with E-state index in [0.717, 1.165) is 64.2 Å². The summed E-state index contributed by atoms with van der Waals surface area (Å²) in [6.07, 6.45) is 38.1. The molecule has 0 aromatic carbocycles. The molecule has 6 atom stereocenters. The van der Waals surface area contributed by atoms with Gasteiger partial charge in [-0.25, -0.2) is 0 Å². The number of hydrogen-bond acceptors (Lipinski definition) is 10. The molecule has 1 aliphatic heterocycles. The molecule has 10 nitrogen and oxygen atoms in total. The smallest absolute Gasteiger partial charge is 0.306 e. The Bertz CT molecular complexity index is 1110. The van der Waals surface area contributed by atoms with E-state index in [1.807, 2.05) is 6.08 Å². The number of hydrogen-bond donors (Lipinski definition) is 4. The maximum absolute atomic E-state index is 12.7. The summed E-state index contributed by atoms with van der Waals surface area (Å²) in [6, 6.07) is 0. The Hall–Kier alpha value is -2.60. The number of rotatable bonds is 36. The number of carbonyl (C=O) groups is 2. The Morgan fingerprint density at radius 1 is 0.544 bits per heavy atom. The van der Waals surface area contributed by atoms with Gasteiger partial charge in [-0.15, -0.1) is 0 Å². The molecular formula is C47H80O10. The highest BCUT2D eigenvalue weighted by molar-refractivity contribution is 5.70. The number of carbonyl (C=O) groups excluding carboxylic acids is 2. The van der Waals surface area contributed by atoms with Gasteiger partial charge in [0.25, 0.3) is 0 Å². The molecule has 0 aromatic rings. The van der Waals surface area contributed by atoms with Gasteiger partial charge < -0.3 is 39.4 Å². The predicted molar refractivity (Wildman–Crippen MR) is 228 cm³/mol. The lowest BCUT2D eigenvalue weighted by molar-refractivity contribution is -0.305. The number of ether oxygens (including phenoxy) is 4. The molecule has 1 rings (SSSR count). The Balaban J connectivity index is 2.36. The fraction of sp³-hybridized carbons (Fsp3) is 0.745. The van der Waals surface area contributed by atoms with E-state index in [4.69, 9.17) is 18.9 Å². The Morgan fingerprint density at radius 3 is 1.60 bits per heavy atom. The molecule has 1 aliphatic rings. The number of unbranched alkanes of at least 4 members (excludes halogenated alkanes) is 15. The minimum atomic E-state index is -1.61. The highest BCUT2D eigenvalue weighted by atomic mass is 16.7. The van der Waals surface area contributed by atoms with Gasteiger partial charge in [0, 0.05) is 12.8 Å². The van der Waals surface area contributed by atoms with Crippen molar-refractivity contribution in [3.63, 3.8) is 0 Å². The topological polar surface area (TPSA) is 152 Å². The Kier molecular flexibility index (Phi) is 34.6. The minimum absolute atomic E-state index is 0.196. The van der Waals surface area contributed by atoms with Crippen LogP contribution in [0, 0.1) is 0 Å². The summed E-state index contributed by atoms with van der Waals surface area (Å²) in [7, 11) is 0. The first-order valence-electron chi connectivity index (χ1n) is 22.4. The Morgan fingerprint density at radius 2 is 1.02 bits per heavy atom. The molecule has 0 radical (unpaired) electrons. The average molecular weight is 805 g/mol. The summed E-state index contributed by atoms with van der Waals surface area (Å²) in [5.74, 6) is -0.888. The SMILES string of the molecule is CCCC/C=C/CCCCCCCC(=O)O[C@@H](COC(=O)CCC/C=C/C/C=C/C/C=C/C/C=C/CCCCCCCCC)CO[C@H]1O[C@@H](CO)[C@@H](O)C(O)C1O. The van der Waals surface area contributed by atoms with Gasteiger partial charge in [-0.1, -0.05) is 145 Å². The molecule has 1 fully saturated rings. The van der Waals surface area contributed by atoms with E-state index in [0.29, 0.717) is 12.8 Å². The van der Waals surface area contributed by atoms with E-state index in [2.05, 4.69) is 68.5 Å². The van der Waals surface area contributed by atoms with E-state index in [1.54, 1.807) is 0 Å². The highest BCUT2D eigenvalue weighted by Crippen LogP contribution is 2.22. The lowest BCUT2D eigenvalue weighted by Gasteiger charge is -2.39. The molecule has 1 heterocycles. The summed E-state index contributed by atoms with van der Waals surface area (Å²) in [5, 5.41) is 40.0. The quantitative estimate of drug-likeness (QED) is 0.0274. The zero-order chi connectivity index (χ0) is 41.6. The van der Waals surface area contributed by atoms with Crippen LogP contribution in [0.4, 0.5) is 0 Å². The van der Waals surface area contributed by atoms with Crippen molar-refractivity contribution >= 4 is 11.9 Å². The second-order valence-electron chi connectivity index (χ2n) is 15.1. The van der Waals surface area contributed by atoms with Crippen molar-refractivity contribution in [2.75, 3.05) is 19.8 Å². The Labute approximate surface area is 345 Å². The zero-order valence-electron chi connectivity index (χ0n) is 35.6. The van der Waals surface area contributed by atoms with Crippen LogP contribution in [0.5, 0.6) is 0 Å². The maximum Gasteiger partial charge on any atom is 0.306 e. The van der Waals surface area contributed by atoms with Gasteiger partial charge in [0.15, 0.2) is 12.4 Å². The molecule has 0 amide bonds. The van der Waals surface area contributed by atoms with Crippen molar-refractivity contribution in [3.05, 3.63) is 60.8 Å². The molecule has 328 valence electrons. The van der Waals surface area contributed by atoms with Crippen LogP contribution in [-0.2, 0) is 28.5 Å². The summed E-state index contributed by atoms with van der Waals surface area (Å²) in [5.41, 5.74) is 0. The van der Waals surface area contributed by atoms with E-state index < -0.39 is 55.4 Å². The zero-order valence-corrected chi connectivity index (χ0v) is 35.6. The number of allylic oxidation sites excluding steroid dienone is 10.